The van der Waals surface area contributed by atoms with Crippen molar-refractivity contribution in [2.45, 2.75) is 38.8 Å². The van der Waals surface area contributed by atoms with Crippen molar-refractivity contribution >= 4 is 22.3 Å². The first-order valence-corrected chi connectivity index (χ1v) is 8.43. The predicted molar refractivity (Wildman–Crippen MR) is 84.0 cm³/mol. The van der Waals surface area contributed by atoms with E-state index in [0.717, 1.165) is 25.8 Å². The summed E-state index contributed by atoms with van der Waals surface area (Å²) in [5, 5.41) is 1.84. The number of esters is 1. The van der Waals surface area contributed by atoms with Crippen molar-refractivity contribution in [3.63, 3.8) is 0 Å². The van der Waals surface area contributed by atoms with Crippen molar-refractivity contribution in [2.75, 3.05) is 13.2 Å². The number of fused-ring (bicyclic) bond motifs is 1. The summed E-state index contributed by atoms with van der Waals surface area (Å²) in [6, 6.07) is 1.33. The minimum absolute atomic E-state index is 0.0778. The smallest absolute Gasteiger partial charge is 0.323 e. The molecule has 22 heavy (non-hydrogen) atoms. The molecule has 3 rings (SSSR count). The molecule has 0 spiro atoms. The fourth-order valence-corrected chi connectivity index (χ4v) is 3.60. The predicted octanol–water partition coefficient (Wildman–Crippen LogP) is 1.67. The topological polar surface area (TPSA) is 63.9 Å². The number of thiazole rings is 1. The van der Waals surface area contributed by atoms with Gasteiger partial charge in [-0.2, -0.15) is 0 Å². The van der Waals surface area contributed by atoms with Gasteiger partial charge in [-0.15, -0.1) is 11.3 Å². The van der Waals surface area contributed by atoms with Crippen molar-refractivity contribution in [1.29, 1.82) is 0 Å². The Morgan fingerprint density at radius 3 is 3.18 bits per heavy atom. The molecular formula is C15H19N3O3S. The molecule has 0 amide bonds. The average molecular weight is 321 g/mol. The van der Waals surface area contributed by atoms with Gasteiger partial charge in [0.1, 0.15) is 6.04 Å². The molecule has 1 atom stereocenters. The molecule has 2 aromatic heterocycles. The van der Waals surface area contributed by atoms with Crippen molar-refractivity contribution < 1.29 is 9.53 Å². The zero-order valence-corrected chi connectivity index (χ0v) is 13.3. The minimum atomic E-state index is -0.225. The van der Waals surface area contributed by atoms with Gasteiger partial charge >= 0.3 is 5.97 Å². The van der Waals surface area contributed by atoms with E-state index in [9.17, 15) is 9.59 Å². The molecule has 7 heteroatoms. The molecular weight excluding hydrogens is 302 g/mol. The molecule has 6 nitrogen and oxygen atoms in total. The van der Waals surface area contributed by atoms with Gasteiger partial charge in [-0.3, -0.25) is 18.9 Å². The molecule has 1 unspecified atom stereocenters. The van der Waals surface area contributed by atoms with Crippen LogP contribution in [0.3, 0.4) is 0 Å². The summed E-state index contributed by atoms with van der Waals surface area (Å²) >= 11 is 1.43. The largest absolute Gasteiger partial charge is 0.465 e. The first-order valence-electron chi connectivity index (χ1n) is 7.55. The van der Waals surface area contributed by atoms with Gasteiger partial charge in [0.25, 0.3) is 5.56 Å². The van der Waals surface area contributed by atoms with Gasteiger partial charge in [-0.1, -0.05) is 6.42 Å². The van der Waals surface area contributed by atoms with Crippen LogP contribution < -0.4 is 5.56 Å². The van der Waals surface area contributed by atoms with Gasteiger partial charge in [0, 0.05) is 24.2 Å². The minimum Gasteiger partial charge on any atom is -0.465 e. The van der Waals surface area contributed by atoms with E-state index >= 15 is 0 Å². The Morgan fingerprint density at radius 2 is 2.36 bits per heavy atom. The van der Waals surface area contributed by atoms with Gasteiger partial charge in [0.05, 0.1) is 12.3 Å². The van der Waals surface area contributed by atoms with Gasteiger partial charge in [-0.25, -0.2) is 4.98 Å². The quantitative estimate of drug-likeness (QED) is 0.802. The lowest BCUT2D eigenvalue weighted by atomic mass is 10.0. The fourth-order valence-electron chi connectivity index (χ4n) is 2.86. The number of piperidine rings is 1. The maximum atomic E-state index is 12.1. The van der Waals surface area contributed by atoms with E-state index in [1.165, 1.54) is 15.7 Å². The summed E-state index contributed by atoms with van der Waals surface area (Å²) in [6.45, 7) is 3.55. The summed E-state index contributed by atoms with van der Waals surface area (Å²) in [5.74, 6) is -0.170. The normalized spacial score (nSPS) is 19.4. The Balaban J connectivity index is 1.82. The number of carbonyl (C=O) groups is 1. The van der Waals surface area contributed by atoms with E-state index in [2.05, 4.69) is 9.88 Å². The van der Waals surface area contributed by atoms with Crippen LogP contribution in [0.4, 0.5) is 0 Å². The number of hydrogen-bond acceptors (Lipinski definition) is 6. The number of hydrogen-bond donors (Lipinski definition) is 0. The van der Waals surface area contributed by atoms with Gasteiger partial charge in [-0.05, 0) is 26.3 Å². The Labute approximate surface area is 132 Å². The van der Waals surface area contributed by atoms with E-state index < -0.39 is 0 Å². The number of nitrogens with zero attached hydrogens (tertiary/aromatic N) is 3. The number of likely N-dealkylation sites (tertiary alicyclic amines) is 1. The lowest BCUT2D eigenvalue weighted by molar-refractivity contribution is -0.151. The molecule has 0 aromatic carbocycles. The highest BCUT2D eigenvalue weighted by Crippen LogP contribution is 2.20. The van der Waals surface area contributed by atoms with Crippen LogP contribution in [0.2, 0.25) is 0 Å². The summed E-state index contributed by atoms with van der Waals surface area (Å²) in [6.07, 6.45) is 4.61. The highest BCUT2D eigenvalue weighted by atomic mass is 32.1. The third-order valence-electron chi connectivity index (χ3n) is 3.89. The lowest BCUT2D eigenvalue weighted by Crippen LogP contribution is -2.45. The Hall–Kier alpha value is -1.73. The summed E-state index contributed by atoms with van der Waals surface area (Å²) in [7, 11) is 0. The lowest BCUT2D eigenvalue weighted by Gasteiger charge is -2.33. The fraction of sp³-hybridized carbons (Fsp3) is 0.533. The second kappa shape index (κ2) is 6.58. The first kappa shape index (κ1) is 15.2. The van der Waals surface area contributed by atoms with E-state index in [1.54, 1.807) is 12.3 Å². The highest BCUT2D eigenvalue weighted by Gasteiger charge is 2.30. The third kappa shape index (κ3) is 3.05. The van der Waals surface area contributed by atoms with E-state index in [1.807, 2.05) is 12.3 Å². The Morgan fingerprint density at radius 1 is 1.50 bits per heavy atom. The van der Waals surface area contributed by atoms with Crippen LogP contribution >= 0.6 is 11.3 Å². The first-order chi connectivity index (χ1) is 10.7. The standard InChI is InChI=1S/C15H19N3O3S/c1-2-21-14(20)12-5-3-4-6-17(12)10-11-9-13(19)18-7-8-22-15(18)16-11/h7-9,12H,2-6,10H2,1H3. The monoisotopic (exact) mass is 321 g/mol. The van der Waals surface area contributed by atoms with Crippen LogP contribution in [0, 0.1) is 0 Å². The molecule has 3 heterocycles. The van der Waals surface area contributed by atoms with Crippen LogP contribution in [0.15, 0.2) is 22.4 Å². The molecule has 2 aromatic rings. The highest BCUT2D eigenvalue weighted by molar-refractivity contribution is 7.15. The zero-order valence-electron chi connectivity index (χ0n) is 12.5. The number of ether oxygens (including phenoxy) is 1. The summed E-state index contributed by atoms with van der Waals surface area (Å²) in [4.78, 5) is 31.4. The second-order valence-electron chi connectivity index (χ2n) is 5.38. The van der Waals surface area contributed by atoms with Crippen LogP contribution in [-0.2, 0) is 16.1 Å². The molecule has 0 aliphatic carbocycles. The van der Waals surface area contributed by atoms with Crippen molar-refractivity contribution in [1.82, 2.24) is 14.3 Å². The van der Waals surface area contributed by atoms with Gasteiger partial charge in [0.2, 0.25) is 0 Å². The Bertz CT molecular complexity index is 724. The van der Waals surface area contributed by atoms with Crippen molar-refractivity contribution in [3.8, 4) is 0 Å². The maximum absolute atomic E-state index is 12.1. The average Bonchev–Trinajstić information content (AvgIpc) is 2.97. The molecule has 0 bridgehead atoms. The molecule has 118 valence electrons. The molecule has 0 N–H and O–H groups in total. The molecule has 0 radical (unpaired) electrons. The van der Waals surface area contributed by atoms with Crippen LogP contribution in [0.5, 0.6) is 0 Å². The van der Waals surface area contributed by atoms with Crippen LogP contribution in [0.1, 0.15) is 31.9 Å². The molecule has 1 saturated heterocycles. The van der Waals surface area contributed by atoms with Crippen LogP contribution in [-0.4, -0.2) is 39.4 Å². The Kier molecular flexibility index (Phi) is 4.54. The number of rotatable bonds is 4. The SMILES string of the molecule is CCOC(=O)C1CCCCN1Cc1cc(=O)n2ccsc2n1. The number of carbonyl (C=O) groups excluding carboxylic acids is 1. The summed E-state index contributed by atoms with van der Waals surface area (Å²) < 4.78 is 6.70. The van der Waals surface area contributed by atoms with Crippen molar-refractivity contribution in [2.24, 2.45) is 0 Å². The zero-order chi connectivity index (χ0) is 15.5. The third-order valence-corrected chi connectivity index (χ3v) is 4.65. The molecule has 1 aliphatic heterocycles. The van der Waals surface area contributed by atoms with E-state index in [4.69, 9.17) is 4.74 Å². The second-order valence-corrected chi connectivity index (χ2v) is 6.25. The van der Waals surface area contributed by atoms with Crippen molar-refractivity contribution in [3.05, 3.63) is 33.7 Å². The summed E-state index contributed by atoms with van der Waals surface area (Å²) in [5.41, 5.74) is 0.634. The van der Waals surface area contributed by atoms with E-state index in [-0.39, 0.29) is 17.6 Å². The van der Waals surface area contributed by atoms with E-state index in [0.29, 0.717) is 23.8 Å². The molecule has 0 saturated carbocycles. The number of aromatic nitrogens is 2. The van der Waals surface area contributed by atoms with Gasteiger partial charge < -0.3 is 4.74 Å². The van der Waals surface area contributed by atoms with Crippen LogP contribution in [0.25, 0.3) is 4.96 Å². The molecule has 1 fully saturated rings. The molecule has 1 aliphatic rings. The van der Waals surface area contributed by atoms with Gasteiger partial charge in [0.15, 0.2) is 4.96 Å². The maximum Gasteiger partial charge on any atom is 0.323 e.